The fraction of sp³-hybridized carbons (Fsp3) is 0.0909. The average molecular weight is 218 g/mol. The summed E-state index contributed by atoms with van der Waals surface area (Å²) in [6, 6.07) is 7.25. The number of benzene rings is 1. The van der Waals surface area contributed by atoms with Gasteiger partial charge in [0.2, 0.25) is 0 Å². The first-order valence-electron chi connectivity index (χ1n) is 4.65. The molecule has 0 bridgehead atoms. The Hall–Kier alpha value is -2.30. The zero-order valence-electron chi connectivity index (χ0n) is 8.60. The van der Waals surface area contributed by atoms with Crippen molar-refractivity contribution in [2.24, 2.45) is 0 Å². The summed E-state index contributed by atoms with van der Waals surface area (Å²) in [6.45, 7) is 1.94. The highest BCUT2D eigenvalue weighted by atomic mass is 16.5. The van der Waals surface area contributed by atoms with Gasteiger partial charge in [0.1, 0.15) is 0 Å². The molecule has 1 aromatic carbocycles. The van der Waals surface area contributed by atoms with Gasteiger partial charge >= 0.3 is 5.97 Å². The third-order valence-electron chi connectivity index (χ3n) is 2.25. The number of aryl methyl sites for hydroxylation is 1. The van der Waals surface area contributed by atoms with Gasteiger partial charge in [0.05, 0.1) is 0 Å². The highest BCUT2D eigenvalue weighted by Crippen LogP contribution is 2.27. The average Bonchev–Trinajstić information content (AvgIpc) is 2.61. The first kappa shape index (κ1) is 10.2. The van der Waals surface area contributed by atoms with Crippen LogP contribution in [0.15, 0.2) is 28.8 Å². The molecule has 16 heavy (non-hydrogen) atoms. The van der Waals surface area contributed by atoms with Crippen molar-refractivity contribution in [1.29, 1.82) is 0 Å². The number of anilines is 1. The van der Waals surface area contributed by atoms with Gasteiger partial charge in [-0.25, -0.2) is 4.79 Å². The Kier molecular flexibility index (Phi) is 2.36. The standard InChI is InChI=1S/C11H10N2O3/c1-6-2-4-7(5-3-6)9-8(11(14)15)10(12)13-16-9/h2-5H,1H3,(H2,12,13)(H,14,15). The molecule has 2 rings (SSSR count). The number of carboxylic acids is 1. The van der Waals surface area contributed by atoms with Gasteiger partial charge in [-0.1, -0.05) is 35.0 Å². The maximum atomic E-state index is 11.0. The Morgan fingerprint density at radius 1 is 1.38 bits per heavy atom. The molecule has 0 unspecified atom stereocenters. The van der Waals surface area contributed by atoms with Crippen LogP contribution in [0.3, 0.4) is 0 Å². The van der Waals surface area contributed by atoms with Gasteiger partial charge in [-0.2, -0.15) is 0 Å². The Morgan fingerprint density at radius 2 is 2.00 bits per heavy atom. The lowest BCUT2D eigenvalue weighted by atomic mass is 10.1. The SMILES string of the molecule is Cc1ccc(-c2onc(N)c2C(=O)O)cc1. The van der Waals surface area contributed by atoms with Gasteiger partial charge in [-0.3, -0.25) is 0 Å². The van der Waals surface area contributed by atoms with Crippen LogP contribution in [0.1, 0.15) is 15.9 Å². The second-order valence-corrected chi connectivity index (χ2v) is 3.44. The highest BCUT2D eigenvalue weighted by molar-refractivity contribution is 5.98. The number of rotatable bonds is 2. The quantitative estimate of drug-likeness (QED) is 0.803. The van der Waals surface area contributed by atoms with Crippen LogP contribution in [0.5, 0.6) is 0 Å². The lowest BCUT2D eigenvalue weighted by Gasteiger charge is -1.98. The predicted molar refractivity (Wildman–Crippen MR) is 58.0 cm³/mol. The fourth-order valence-corrected chi connectivity index (χ4v) is 1.41. The van der Waals surface area contributed by atoms with E-state index >= 15 is 0 Å². The van der Waals surface area contributed by atoms with Gasteiger partial charge in [0, 0.05) is 5.56 Å². The molecule has 1 heterocycles. The minimum Gasteiger partial charge on any atom is -0.477 e. The first-order valence-corrected chi connectivity index (χ1v) is 4.65. The van der Waals surface area contributed by atoms with E-state index in [9.17, 15) is 4.79 Å². The van der Waals surface area contributed by atoms with Crippen LogP contribution in [-0.4, -0.2) is 16.2 Å². The molecule has 0 saturated heterocycles. The Labute approximate surface area is 91.5 Å². The van der Waals surface area contributed by atoms with Crippen LogP contribution >= 0.6 is 0 Å². The zero-order chi connectivity index (χ0) is 11.7. The largest absolute Gasteiger partial charge is 0.477 e. The van der Waals surface area contributed by atoms with E-state index in [1.165, 1.54) is 0 Å². The number of carboxylic acid groups (broad SMARTS) is 1. The molecule has 0 amide bonds. The number of carbonyl (C=O) groups is 1. The number of nitrogen functional groups attached to an aromatic ring is 1. The number of hydrogen-bond acceptors (Lipinski definition) is 4. The van der Waals surface area contributed by atoms with Crippen LogP contribution in [0.2, 0.25) is 0 Å². The minimum absolute atomic E-state index is 0.0937. The molecular formula is C11H10N2O3. The van der Waals surface area contributed by atoms with Crippen molar-refractivity contribution in [3.63, 3.8) is 0 Å². The second kappa shape index (κ2) is 3.69. The Balaban J connectivity index is 2.56. The molecule has 0 radical (unpaired) electrons. The van der Waals surface area contributed by atoms with E-state index in [0.29, 0.717) is 5.56 Å². The van der Waals surface area contributed by atoms with Gasteiger partial charge in [-0.05, 0) is 6.92 Å². The van der Waals surface area contributed by atoms with Crippen LogP contribution in [0.25, 0.3) is 11.3 Å². The number of nitrogens with two attached hydrogens (primary N) is 1. The van der Waals surface area contributed by atoms with Crippen LogP contribution in [-0.2, 0) is 0 Å². The molecule has 0 fully saturated rings. The van der Waals surface area contributed by atoms with Gasteiger partial charge in [-0.15, -0.1) is 0 Å². The number of hydrogen-bond donors (Lipinski definition) is 2. The minimum atomic E-state index is -1.14. The van der Waals surface area contributed by atoms with Gasteiger partial charge < -0.3 is 15.4 Å². The van der Waals surface area contributed by atoms with E-state index in [-0.39, 0.29) is 17.1 Å². The lowest BCUT2D eigenvalue weighted by molar-refractivity contribution is 0.0698. The molecule has 0 saturated carbocycles. The Bertz CT molecular complexity index is 529. The topological polar surface area (TPSA) is 89.4 Å². The molecule has 5 heteroatoms. The number of aromatic nitrogens is 1. The summed E-state index contributed by atoms with van der Waals surface area (Å²) in [5.74, 6) is -1.07. The van der Waals surface area contributed by atoms with Crippen molar-refractivity contribution < 1.29 is 14.4 Å². The number of nitrogens with zero attached hydrogens (tertiary/aromatic N) is 1. The third kappa shape index (κ3) is 1.63. The second-order valence-electron chi connectivity index (χ2n) is 3.44. The molecular weight excluding hydrogens is 208 g/mol. The lowest BCUT2D eigenvalue weighted by Crippen LogP contribution is -2.01. The molecule has 0 spiro atoms. The fourth-order valence-electron chi connectivity index (χ4n) is 1.41. The third-order valence-corrected chi connectivity index (χ3v) is 2.25. The van der Waals surface area contributed by atoms with E-state index < -0.39 is 5.97 Å². The summed E-state index contributed by atoms with van der Waals surface area (Å²) in [4.78, 5) is 11.0. The van der Waals surface area contributed by atoms with Crippen LogP contribution in [0, 0.1) is 6.92 Å². The summed E-state index contributed by atoms with van der Waals surface area (Å²) in [5, 5.41) is 12.4. The van der Waals surface area contributed by atoms with E-state index in [1.807, 2.05) is 19.1 Å². The summed E-state index contributed by atoms with van der Waals surface area (Å²) in [5.41, 5.74) is 7.05. The molecule has 0 aliphatic rings. The normalized spacial score (nSPS) is 10.3. The smallest absolute Gasteiger partial charge is 0.343 e. The summed E-state index contributed by atoms with van der Waals surface area (Å²) in [6.07, 6.45) is 0. The zero-order valence-corrected chi connectivity index (χ0v) is 8.60. The number of aromatic carboxylic acids is 1. The van der Waals surface area contributed by atoms with Gasteiger partial charge in [0.25, 0.3) is 0 Å². The molecule has 2 aromatic rings. The first-order chi connectivity index (χ1) is 7.59. The van der Waals surface area contributed by atoms with Gasteiger partial charge in [0.15, 0.2) is 17.1 Å². The molecule has 0 aliphatic heterocycles. The van der Waals surface area contributed by atoms with E-state index in [2.05, 4.69) is 5.16 Å². The van der Waals surface area contributed by atoms with E-state index in [4.69, 9.17) is 15.4 Å². The van der Waals surface area contributed by atoms with Crippen LogP contribution in [0.4, 0.5) is 5.82 Å². The monoisotopic (exact) mass is 218 g/mol. The molecule has 82 valence electrons. The van der Waals surface area contributed by atoms with Crippen molar-refractivity contribution in [1.82, 2.24) is 5.16 Å². The molecule has 5 nitrogen and oxygen atoms in total. The molecule has 3 N–H and O–H groups in total. The maximum Gasteiger partial charge on any atom is 0.343 e. The summed E-state index contributed by atoms with van der Waals surface area (Å²) >= 11 is 0. The molecule has 1 aromatic heterocycles. The highest BCUT2D eigenvalue weighted by Gasteiger charge is 2.21. The van der Waals surface area contributed by atoms with Crippen molar-refractivity contribution in [2.45, 2.75) is 6.92 Å². The summed E-state index contributed by atoms with van der Waals surface area (Å²) < 4.78 is 4.93. The van der Waals surface area contributed by atoms with Crippen molar-refractivity contribution in [3.8, 4) is 11.3 Å². The van der Waals surface area contributed by atoms with Crippen LogP contribution < -0.4 is 5.73 Å². The Morgan fingerprint density at radius 3 is 2.56 bits per heavy atom. The molecule has 0 atom stereocenters. The molecule has 0 aliphatic carbocycles. The van der Waals surface area contributed by atoms with Crippen molar-refractivity contribution in [2.75, 3.05) is 5.73 Å². The van der Waals surface area contributed by atoms with E-state index in [0.717, 1.165) is 5.56 Å². The predicted octanol–water partition coefficient (Wildman–Crippen LogP) is 1.93. The van der Waals surface area contributed by atoms with Crippen molar-refractivity contribution in [3.05, 3.63) is 35.4 Å². The summed E-state index contributed by atoms with van der Waals surface area (Å²) in [7, 11) is 0. The van der Waals surface area contributed by atoms with E-state index in [1.54, 1.807) is 12.1 Å². The maximum absolute atomic E-state index is 11.0. The van der Waals surface area contributed by atoms with Crippen molar-refractivity contribution >= 4 is 11.8 Å².